The predicted octanol–water partition coefficient (Wildman–Crippen LogP) is 1.65. The Balaban J connectivity index is 0.00000208. The van der Waals surface area contributed by atoms with Gasteiger partial charge >= 0.3 is 0 Å². The number of benzene rings is 1. The van der Waals surface area contributed by atoms with Crippen LogP contribution in [-0.4, -0.2) is 58.2 Å². The number of rotatable bonds is 6. The third kappa shape index (κ3) is 4.03. The van der Waals surface area contributed by atoms with E-state index in [4.69, 9.17) is 9.47 Å². The van der Waals surface area contributed by atoms with Gasteiger partial charge in [-0.1, -0.05) is 0 Å². The Kier molecular flexibility index (Phi) is 6.88. The van der Waals surface area contributed by atoms with E-state index in [2.05, 4.69) is 5.32 Å². The maximum Gasteiger partial charge on any atom is 0.243 e. The molecule has 0 spiro atoms. The third-order valence-corrected chi connectivity index (χ3v) is 6.56. The van der Waals surface area contributed by atoms with Crippen molar-refractivity contribution in [3.8, 4) is 5.75 Å². The first-order chi connectivity index (χ1) is 11.1. The van der Waals surface area contributed by atoms with Crippen molar-refractivity contribution in [2.75, 3.05) is 33.4 Å². The van der Waals surface area contributed by atoms with Crippen molar-refractivity contribution in [3.05, 3.63) is 24.3 Å². The monoisotopic (exact) mass is 376 g/mol. The summed E-state index contributed by atoms with van der Waals surface area (Å²) in [6.45, 7) is 2.59. The van der Waals surface area contributed by atoms with Gasteiger partial charge in [0.2, 0.25) is 10.0 Å². The number of fused-ring (bicyclic) bond motifs is 2. The molecule has 2 saturated heterocycles. The number of hydrogen-bond donors (Lipinski definition) is 1. The van der Waals surface area contributed by atoms with Crippen LogP contribution in [0.1, 0.15) is 19.3 Å². The highest BCUT2D eigenvalue weighted by Gasteiger charge is 2.42. The molecule has 1 aromatic rings. The lowest BCUT2D eigenvalue weighted by Gasteiger charge is -2.26. The van der Waals surface area contributed by atoms with Gasteiger partial charge in [0.05, 0.1) is 11.5 Å². The van der Waals surface area contributed by atoms with Crippen molar-refractivity contribution in [3.63, 3.8) is 0 Å². The third-order valence-electron chi connectivity index (χ3n) is 4.54. The normalized spacial score (nSPS) is 24.2. The van der Waals surface area contributed by atoms with E-state index in [-0.39, 0.29) is 24.5 Å². The summed E-state index contributed by atoms with van der Waals surface area (Å²) in [6, 6.07) is 6.88. The van der Waals surface area contributed by atoms with Crippen LogP contribution in [-0.2, 0) is 14.8 Å². The molecule has 2 fully saturated rings. The van der Waals surface area contributed by atoms with E-state index in [9.17, 15) is 8.42 Å². The van der Waals surface area contributed by atoms with Gasteiger partial charge in [0.15, 0.2) is 0 Å². The van der Waals surface area contributed by atoms with Gasteiger partial charge in [0.25, 0.3) is 0 Å². The Morgan fingerprint density at radius 1 is 1.12 bits per heavy atom. The van der Waals surface area contributed by atoms with Gasteiger partial charge in [-0.2, -0.15) is 4.31 Å². The quantitative estimate of drug-likeness (QED) is 0.764. The Morgan fingerprint density at radius 3 is 2.54 bits per heavy atom. The van der Waals surface area contributed by atoms with E-state index in [1.807, 2.05) is 0 Å². The minimum absolute atomic E-state index is 0. The number of methoxy groups -OCH3 is 1. The van der Waals surface area contributed by atoms with Crippen LogP contribution < -0.4 is 10.1 Å². The topological polar surface area (TPSA) is 67.9 Å². The molecule has 1 aromatic carbocycles. The number of hydrogen-bond acceptors (Lipinski definition) is 5. The fraction of sp³-hybridized carbons (Fsp3) is 0.625. The average Bonchev–Trinajstić information content (AvgIpc) is 2.82. The molecule has 2 unspecified atom stereocenters. The Hall–Kier alpha value is -0.860. The van der Waals surface area contributed by atoms with Gasteiger partial charge in [-0.3, -0.25) is 0 Å². The zero-order valence-corrected chi connectivity index (χ0v) is 15.4. The van der Waals surface area contributed by atoms with E-state index >= 15 is 0 Å². The molecule has 0 saturated carbocycles. The summed E-state index contributed by atoms with van der Waals surface area (Å²) in [5.74, 6) is 0.654. The zero-order valence-electron chi connectivity index (χ0n) is 13.8. The summed E-state index contributed by atoms with van der Waals surface area (Å²) < 4.78 is 38.2. The second-order valence-electron chi connectivity index (χ2n) is 6.03. The molecule has 136 valence electrons. The van der Waals surface area contributed by atoms with E-state index in [1.165, 1.54) is 0 Å². The molecule has 0 aliphatic carbocycles. The summed E-state index contributed by atoms with van der Waals surface area (Å²) in [6.07, 6.45) is 2.78. The average molecular weight is 377 g/mol. The highest BCUT2D eigenvalue weighted by Crippen LogP contribution is 2.34. The molecule has 2 heterocycles. The molecule has 3 rings (SSSR count). The van der Waals surface area contributed by atoms with Crippen molar-refractivity contribution in [1.29, 1.82) is 0 Å². The fourth-order valence-electron chi connectivity index (χ4n) is 3.40. The molecule has 24 heavy (non-hydrogen) atoms. The van der Waals surface area contributed by atoms with Crippen LogP contribution in [0, 0.1) is 0 Å². The van der Waals surface area contributed by atoms with E-state index in [1.54, 1.807) is 35.7 Å². The maximum absolute atomic E-state index is 13.0. The summed E-state index contributed by atoms with van der Waals surface area (Å²) >= 11 is 0. The highest BCUT2D eigenvalue weighted by molar-refractivity contribution is 7.89. The molecule has 0 amide bonds. The second-order valence-corrected chi connectivity index (χ2v) is 7.87. The molecule has 2 atom stereocenters. The van der Waals surface area contributed by atoms with Gasteiger partial charge in [0.1, 0.15) is 12.4 Å². The molecule has 0 aromatic heterocycles. The van der Waals surface area contributed by atoms with Gasteiger partial charge in [-0.25, -0.2) is 8.42 Å². The minimum atomic E-state index is -3.45. The van der Waals surface area contributed by atoms with Gasteiger partial charge in [0, 0.05) is 25.7 Å². The van der Waals surface area contributed by atoms with E-state index in [0.29, 0.717) is 23.9 Å². The van der Waals surface area contributed by atoms with Crippen LogP contribution in [0.3, 0.4) is 0 Å². The first kappa shape index (κ1) is 19.5. The standard InChI is InChI=1S/C16H24N2O4S.ClH/c1-21-10-11-22-15-4-6-16(7-5-15)23(19,20)18-13-2-3-14(18)12-17-9-8-13;/h4-7,13-14,17H,2-3,8-12H2,1H3;1H. The first-order valence-electron chi connectivity index (χ1n) is 8.09. The van der Waals surface area contributed by atoms with Crippen molar-refractivity contribution in [2.45, 2.75) is 36.2 Å². The van der Waals surface area contributed by atoms with Crippen LogP contribution in [0.4, 0.5) is 0 Å². The molecular formula is C16H25ClN2O4S. The lowest BCUT2D eigenvalue weighted by Crippen LogP contribution is -2.42. The Bertz CT molecular complexity index is 609. The van der Waals surface area contributed by atoms with Crippen LogP contribution in [0.15, 0.2) is 29.2 Å². The SMILES string of the molecule is COCCOc1ccc(S(=O)(=O)N2C3CCNCC2CC3)cc1.Cl. The maximum atomic E-state index is 13.0. The fourth-order valence-corrected chi connectivity index (χ4v) is 5.30. The summed E-state index contributed by atoms with van der Waals surface area (Å²) in [7, 11) is -1.84. The lowest BCUT2D eigenvalue weighted by molar-refractivity contribution is 0.146. The number of halogens is 1. The summed E-state index contributed by atoms with van der Waals surface area (Å²) in [5.41, 5.74) is 0. The summed E-state index contributed by atoms with van der Waals surface area (Å²) in [4.78, 5) is 0.343. The molecule has 1 N–H and O–H groups in total. The van der Waals surface area contributed by atoms with Gasteiger partial charge in [-0.05, 0) is 50.1 Å². The highest BCUT2D eigenvalue weighted by atomic mass is 35.5. The molecule has 2 aliphatic rings. The second kappa shape index (κ2) is 8.49. The number of nitrogens with zero attached hydrogens (tertiary/aromatic N) is 1. The van der Waals surface area contributed by atoms with Crippen LogP contribution in [0.2, 0.25) is 0 Å². The zero-order chi connectivity index (χ0) is 16.3. The van der Waals surface area contributed by atoms with Crippen molar-refractivity contribution < 1.29 is 17.9 Å². The molecular weight excluding hydrogens is 352 g/mol. The molecule has 0 radical (unpaired) electrons. The Labute approximate surface area is 150 Å². The molecule has 8 heteroatoms. The molecule has 6 nitrogen and oxygen atoms in total. The minimum Gasteiger partial charge on any atom is -0.491 e. The van der Waals surface area contributed by atoms with E-state index in [0.717, 1.165) is 32.4 Å². The summed E-state index contributed by atoms with van der Waals surface area (Å²) in [5, 5.41) is 3.33. The number of nitrogens with one attached hydrogen (secondary N) is 1. The largest absolute Gasteiger partial charge is 0.491 e. The van der Waals surface area contributed by atoms with E-state index < -0.39 is 10.0 Å². The van der Waals surface area contributed by atoms with Crippen LogP contribution in [0.25, 0.3) is 0 Å². The van der Waals surface area contributed by atoms with Crippen molar-refractivity contribution in [2.24, 2.45) is 0 Å². The van der Waals surface area contributed by atoms with Crippen molar-refractivity contribution in [1.82, 2.24) is 9.62 Å². The van der Waals surface area contributed by atoms with Gasteiger partial charge in [-0.15, -0.1) is 12.4 Å². The lowest BCUT2D eigenvalue weighted by atomic mass is 10.1. The van der Waals surface area contributed by atoms with Crippen LogP contribution >= 0.6 is 12.4 Å². The molecule has 2 bridgehead atoms. The van der Waals surface area contributed by atoms with Crippen LogP contribution in [0.5, 0.6) is 5.75 Å². The first-order valence-corrected chi connectivity index (χ1v) is 9.53. The molecule has 2 aliphatic heterocycles. The number of ether oxygens (including phenoxy) is 2. The predicted molar refractivity (Wildman–Crippen MR) is 94.4 cm³/mol. The van der Waals surface area contributed by atoms with Crippen molar-refractivity contribution >= 4 is 22.4 Å². The Morgan fingerprint density at radius 2 is 1.83 bits per heavy atom. The smallest absolute Gasteiger partial charge is 0.243 e. The number of sulfonamides is 1. The van der Waals surface area contributed by atoms with Gasteiger partial charge < -0.3 is 14.8 Å².